The molecular formula is C21H24F3N3O2. The van der Waals surface area contributed by atoms with Gasteiger partial charge in [-0.1, -0.05) is 19.8 Å². The highest BCUT2D eigenvalue weighted by atomic mass is 19.4. The van der Waals surface area contributed by atoms with Crippen molar-refractivity contribution in [1.29, 1.82) is 5.26 Å². The second kappa shape index (κ2) is 9.50. The van der Waals surface area contributed by atoms with Gasteiger partial charge >= 0.3 is 6.18 Å². The number of likely N-dealkylation sites (N-methyl/N-ethyl adjacent to an activating group) is 1. The minimum absolute atomic E-state index is 0.129. The minimum Gasteiger partial charge on any atom is -0.467 e. The standard InChI is InChI=1S/C21H24F3N3O2/c1-4-5-8-19(20(28)26(2)3)27(14-17-7-6-11-29-17)16-10-9-15(13-25)18(12-16)21(22,23)24/h6-7,9-12,19H,4-5,8,14H2,1-3H3/t19-/m0/s1. The van der Waals surface area contributed by atoms with Crippen LogP contribution in [0.25, 0.3) is 0 Å². The number of rotatable bonds is 8. The molecule has 0 aliphatic heterocycles. The van der Waals surface area contributed by atoms with Crippen molar-refractivity contribution >= 4 is 11.6 Å². The first-order valence-corrected chi connectivity index (χ1v) is 9.30. The molecule has 0 fully saturated rings. The summed E-state index contributed by atoms with van der Waals surface area (Å²) in [4.78, 5) is 15.9. The summed E-state index contributed by atoms with van der Waals surface area (Å²) in [5.74, 6) is 0.318. The summed E-state index contributed by atoms with van der Waals surface area (Å²) in [6.45, 7) is 2.11. The fourth-order valence-electron chi connectivity index (χ4n) is 3.10. The largest absolute Gasteiger partial charge is 0.467 e. The lowest BCUT2D eigenvalue weighted by Crippen LogP contribution is -2.46. The van der Waals surface area contributed by atoms with Crippen LogP contribution in [0, 0.1) is 11.3 Å². The Morgan fingerprint density at radius 2 is 2.00 bits per heavy atom. The first-order valence-electron chi connectivity index (χ1n) is 9.30. The van der Waals surface area contributed by atoms with Crippen molar-refractivity contribution in [2.45, 2.75) is 44.9 Å². The molecular weight excluding hydrogens is 383 g/mol. The predicted octanol–water partition coefficient (Wildman–Crippen LogP) is 4.82. The third-order valence-corrected chi connectivity index (χ3v) is 4.60. The molecule has 0 saturated carbocycles. The quantitative estimate of drug-likeness (QED) is 0.629. The number of benzene rings is 1. The van der Waals surface area contributed by atoms with E-state index in [-0.39, 0.29) is 18.1 Å². The Balaban J connectivity index is 2.57. The van der Waals surface area contributed by atoms with Crippen molar-refractivity contribution in [2.24, 2.45) is 0 Å². The van der Waals surface area contributed by atoms with Gasteiger partial charge in [0.1, 0.15) is 11.8 Å². The van der Waals surface area contributed by atoms with Gasteiger partial charge in [0.15, 0.2) is 0 Å². The van der Waals surface area contributed by atoms with Crippen molar-refractivity contribution in [3.05, 3.63) is 53.5 Å². The van der Waals surface area contributed by atoms with Gasteiger partial charge < -0.3 is 14.2 Å². The Bertz CT molecular complexity index is 855. The van der Waals surface area contributed by atoms with Crippen LogP contribution >= 0.6 is 0 Å². The third kappa shape index (κ3) is 5.53. The van der Waals surface area contributed by atoms with Crippen LogP contribution in [0.4, 0.5) is 18.9 Å². The lowest BCUT2D eigenvalue weighted by atomic mass is 10.0. The molecule has 156 valence electrons. The van der Waals surface area contributed by atoms with E-state index in [1.54, 1.807) is 37.2 Å². The summed E-state index contributed by atoms with van der Waals surface area (Å²) in [6, 6.07) is 7.83. The highest BCUT2D eigenvalue weighted by Crippen LogP contribution is 2.35. The molecule has 5 nitrogen and oxygen atoms in total. The van der Waals surface area contributed by atoms with Crippen molar-refractivity contribution in [3.8, 4) is 6.07 Å². The zero-order valence-corrected chi connectivity index (χ0v) is 16.7. The van der Waals surface area contributed by atoms with E-state index in [1.165, 1.54) is 17.2 Å². The van der Waals surface area contributed by atoms with Crippen LogP contribution in [0.1, 0.15) is 43.1 Å². The summed E-state index contributed by atoms with van der Waals surface area (Å²) in [5, 5.41) is 9.07. The molecule has 0 N–H and O–H groups in total. The zero-order chi connectivity index (χ0) is 21.6. The number of furan rings is 1. The van der Waals surface area contributed by atoms with E-state index >= 15 is 0 Å². The fraction of sp³-hybridized carbons (Fsp3) is 0.429. The lowest BCUT2D eigenvalue weighted by Gasteiger charge is -2.34. The molecule has 0 unspecified atom stereocenters. The second-order valence-corrected chi connectivity index (χ2v) is 6.94. The lowest BCUT2D eigenvalue weighted by molar-refractivity contribution is -0.137. The molecule has 0 aliphatic rings. The van der Waals surface area contributed by atoms with Gasteiger partial charge in [0.25, 0.3) is 0 Å². The Kier molecular flexibility index (Phi) is 7.32. The number of carbonyl (C=O) groups is 1. The molecule has 1 amide bonds. The van der Waals surface area contributed by atoms with Crippen LogP contribution in [0.15, 0.2) is 41.0 Å². The molecule has 1 atom stereocenters. The van der Waals surface area contributed by atoms with E-state index < -0.39 is 23.3 Å². The summed E-state index contributed by atoms with van der Waals surface area (Å²) < 4.78 is 45.8. The van der Waals surface area contributed by atoms with Crippen molar-refractivity contribution < 1.29 is 22.4 Å². The number of halogens is 3. The number of alkyl halides is 3. The fourth-order valence-corrected chi connectivity index (χ4v) is 3.10. The normalized spacial score (nSPS) is 12.3. The smallest absolute Gasteiger partial charge is 0.417 e. The van der Waals surface area contributed by atoms with Gasteiger partial charge in [-0.2, -0.15) is 18.4 Å². The van der Waals surface area contributed by atoms with Crippen LogP contribution in [-0.4, -0.2) is 30.9 Å². The molecule has 8 heteroatoms. The van der Waals surface area contributed by atoms with Gasteiger partial charge in [0, 0.05) is 19.8 Å². The number of hydrogen-bond donors (Lipinski definition) is 0. The third-order valence-electron chi connectivity index (χ3n) is 4.60. The van der Waals surface area contributed by atoms with Crippen molar-refractivity contribution in [1.82, 2.24) is 4.90 Å². The van der Waals surface area contributed by atoms with E-state index in [4.69, 9.17) is 9.68 Å². The molecule has 0 saturated heterocycles. The molecule has 0 spiro atoms. The molecule has 29 heavy (non-hydrogen) atoms. The monoisotopic (exact) mass is 407 g/mol. The first kappa shape index (κ1) is 22.3. The number of hydrogen-bond acceptors (Lipinski definition) is 4. The van der Waals surface area contributed by atoms with E-state index in [0.717, 1.165) is 25.0 Å². The number of nitriles is 1. The van der Waals surface area contributed by atoms with E-state index in [1.807, 2.05) is 6.92 Å². The SMILES string of the molecule is CCCC[C@@H](C(=O)N(C)C)N(Cc1ccco1)c1ccc(C#N)c(C(F)(F)F)c1. The first-order chi connectivity index (χ1) is 13.7. The Hall–Kier alpha value is -2.95. The van der Waals surface area contributed by atoms with Gasteiger partial charge in [-0.25, -0.2) is 0 Å². The van der Waals surface area contributed by atoms with Crippen LogP contribution in [0.2, 0.25) is 0 Å². The highest BCUT2D eigenvalue weighted by molar-refractivity contribution is 5.85. The summed E-state index contributed by atoms with van der Waals surface area (Å²) >= 11 is 0. The molecule has 1 heterocycles. The van der Waals surface area contributed by atoms with E-state index in [0.29, 0.717) is 12.2 Å². The maximum Gasteiger partial charge on any atom is 0.417 e. The van der Waals surface area contributed by atoms with Gasteiger partial charge in [-0.3, -0.25) is 4.79 Å². The molecule has 2 aromatic rings. The van der Waals surface area contributed by atoms with Crippen LogP contribution < -0.4 is 4.90 Å². The Morgan fingerprint density at radius 1 is 1.28 bits per heavy atom. The van der Waals surface area contributed by atoms with Crippen molar-refractivity contribution in [3.63, 3.8) is 0 Å². The van der Waals surface area contributed by atoms with Crippen LogP contribution in [0.5, 0.6) is 0 Å². The maximum atomic E-state index is 13.5. The van der Waals surface area contributed by atoms with E-state index in [9.17, 15) is 18.0 Å². The van der Waals surface area contributed by atoms with Gasteiger partial charge in [-0.15, -0.1) is 0 Å². The Labute approximate surface area is 168 Å². The average molecular weight is 407 g/mol. The van der Waals surface area contributed by atoms with E-state index in [2.05, 4.69) is 0 Å². The average Bonchev–Trinajstić information content (AvgIpc) is 3.19. The number of carbonyl (C=O) groups excluding carboxylic acids is 1. The molecule has 0 aliphatic carbocycles. The zero-order valence-electron chi connectivity index (χ0n) is 16.7. The van der Waals surface area contributed by atoms with Gasteiger partial charge in [0.05, 0.1) is 30.0 Å². The summed E-state index contributed by atoms with van der Waals surface area (Å²) in [6.07, 6.45) is -1.14. The van der Waals surface area contributed by atoms with Gasteiger partial charge in [-0.05, 0) is 36.8 Å². The number of unbranched alkanes of at least 4 members (excludes halogenated alkanes) is 1. The molecule has 0 bridgehead atoms. The second-order valence-electron chi connectivity index (χ2n) is 6.94. The summed E-state index contributed by atoms with van der Waals surface area (Å²) in [5.41, 5.74) is -1.26. The minimum atomic E-state index is -4.68. The number of amides is 1. The van der Waals surface area contributed by atoms with Gasteiger partial charge in [0.2, 0.25) is 5.91 Å². The predicted molar refractivity (Wildman–Crippen MR) is 103 cm³/mol. The number of nitrogens with zero attached hydrogens (tertiary/aromatic N) is 3. The molecule has 0 radical (unpaired) electrons. The highest BCUT2D eigenvalue weighted by Gasteiger charge is 2.35. The van der Waals surface area contributed by atoms with Crippen LogP contribution in [-0.2, 0) is 17.5 Å². The maximum absolute atomic E-state index is 13.5. The topological polar surface area (TPSA) is 60.5 Å². The summed E-state index contributed by atoms with van der Waals surface area (Å²) in [7, 11) is 3.23. The Morgan fingerprint density at radius 3 is 2.52 bits per heavy atom. The number of anilines is 1. The molecule has 1 aromatic heterocycles. The van der Waals surface area contributed by atoms with Crippen LogP contribution in [0.3, 0.4) is 0 Å². The van der Waals surface area contributed by atoms with Crippen molar-refractivity contribution in [2.75, 3.05) is 19.0 Å². The molecule has 2 rings (SSSR count). The molecule has 1 aromatic carbocycles.